The first-order valence-electron chi connectivity index (χ1n) is 8.38. The van der Waals surface area contributed by atoms with Crippen molar-refractivity contribution in [3.63, 3.8) is 0 Å². The van der Waals surface area contributed by atoms with E-state index < -0.39 is 0 Å². The van der Waals surface area contributed by atoms with E-state index in [0.29, 0.717) is 11.9 Å². The number of nitrogens with one attached hydrogen (secondary N) is 1. The van der Waals surface area contributed by atoms with Crippen LogP contribution in [0.2, 0.25) is 0 Å². The Labute approximate surface area is 160 Å². The molecule has 2 saturated heterocycles. The van der Waals surface area contributed by atoms with Gasteiger partial charge in [0.25, 0.3) is 0 Å². The lowest BCUT2D eigenvalue weighted by molar-refractivity contribution is 0.113. The minimum Gasteiger partial charge on any atom is -0.506 e. The third-order valence-corrected chi connectivity index (χ3v) is 4.53. The summed E-state index contributed by atoms with van der Waals surface area (Å²) in [4.78, 5) is 8.89. The number of ether oxygens (including phenoxy) is 1. The number of phenolic OH excluding ortho intramolecular Hbond substituents is 1. The molecule has 2 N–H and O–H groups in total. The van der Waals surface area contributed by atoms with Crippen molar-refractivity contribution in [1.29, 1.82) is 0 Å². The van der Waals surface area contributed by atoms with Gasteiger partial charge in [0.05, 0.1) is 11.8 Å². The Kier molecular flexibility index (Phi) is 7.41. The number of hydrogen-bond acceptors (Lipinski definition) is 4. The van der Waals surface area contributed by atoms with Crippen molar-refractivity contribution in [2.45, 2.75) is 18.9 Å². The van der Waals surface area contributed by atoms with E-state index in [1.807, 2.05) is 25.2 Å². The zero-order valence-electron chi connectivity index (χ0n) is 14.1. The molecular formula is C17H27IN4O2. The molecule has 3 rings (SSSR count). The van der Waals surface area contributed by atoms with E-state index in [-0.39, 0.29) is 24.0 Å². The number of halogens is 1. The molecule has 1 aromatic rings. The zero-order valence-corrected chi connectivity index (χ0v) is 16.5. The van der Waals surface area contributed by atoms with Crippen LogP contribution in [0, 0.1) is 0 Å². The number of piperazine rings is 1. The number of hydrogen-bond donors (Lipinski definition) is 2. The average Bonchev–Trinajstić information content (AvgIpc) is 3.10. The molecule has 0 aromatic heterocycles. The Balaban J connectivity index is 0.00000208. The minimum absolute atomic E-state index is 0. The summed E-state index contributed by atoms with van der Waals surface area (Å²) in [6.07, 6.45) is 2.60. The normalized spacial score (nSPS) is 21.5. The molecule has 2 aliphatic heterocycles. The average molecular weight is 446 g/mol. The van der Waals surface area contributed by atoms with Crippen molar-refractivity contribution in [2.24, 2.45) is 4.99 Å². The smallest absolute Gasteiger partial charge is 0.193 e. The van der Waals surface area contributed by atoms with Gasteiger partial charge in [0.15, 0.2) is 5.96 Å². The minimum atomic E-state index is 0. The fraction of sp³-hybridized carbons (Fsp3) is 0.588. The van der Waals surface area contributed by atoms with Crippen LogP contribution < -0.4 is 10.2 Å². The fourth-order valence-electron chi connectivity index (χ4n) is 3.23. The molecule has 2 fully saturated rings. The standard InChI is InChI=1S/C17H26N4O2.HI/c1-18-17(19-13-14-5-4-12-23-14)21-10-8-20(9-11-21)15-6-2-3-7-16(15)22;/h2-3,6-7,14,22H,4-5,8-13H2,1H3,(H,18,19);1H. The van der Waals surface area contributed by atoms with Crippen molar-refractivity contribution in [2.75, 3.05) is 51.3 Å². The number of guanidine groups is 1. The summed E-state index contributed by atoms with van der Waals surface area (Å²) in [6, 6.07) is 7.52. The molecule has 0 aliphatic carbocycles. The van der Waals surface area contributed by atoms with Crippen LogP contribution in [-0.4, -0.2) is 68.4 Å². The molecule has 0 radical (unpaired) electrons. The Morgan fingerprint density at radius 1 is 1.29 bits per heavy atom. The number of aromatic hydroxyl groups is 1. The summed E-state index contributed by atoms with van der Waals surface area (Å²) >= 11 is 0. The van der Waals surface area contributed by atoms with Crippen molar-refractivity contribution < 1.29 is 9.84 Å². The van der Waals surface area contributed by atoms with E-state index in [1.165, 1.54) is 0 Å². The van der Waals surface area contributed by atoms with Crippen LogP contribution in [0.25, 0.3) is 0 Å². The Hall–Kier alpha value is -1.22. The molecule has 7 heteroatoms. The number of nitrogens with zero attached hydrogens (tertiary/aromatic N) is 3. The summed E-state index contributed by atoms with van der Waals surface area (Å²) in [5, 5.41) is 13.4. The van der Waals surface area contributed by atoms with Crippen LogP contribution in [0.15, 0.2) is 29.3 Å². The summed E-state index contributed by atoms with van der Waals surface area (Å²) in [5.74, 6) is 1.29. The fourth-order valence-corrected chi connectivity index (χ4v) is 3.23. The van der Waals surface area contributed by atoms with Gasteiger partial charge in [-0.05, 0) is 25.0 Å². The van der Waals surface area contributed by atoms with Gasteiger partial charge < -0.3 is 25.0 Å². The predicted molar refractivity (Wildman–Crippen MR) is 108 cm³/mol. The second kappa shape index (κ2) is 9.31. The SMILES string of the molecule is CN=C(NCC1CCCO1)N1CCN(c2ccccc2O)CC1.I. The van der Waals surface area contributed by atoms with Gasteiger partial charge in [0.1, 0.15) is 5.75 Å². The van der Waals surface area contributed by atoms with Crippen LogP contribution in [0.4, 0.5) is 5.69 Å². The van der Waals surface area contributed by atoms with Gasteiger partial charge in [-0.3, -0.25) is 4.99 Å². The highest BCUT2D eigenvalue weighted by Crippen LogP contribution is 2.27. The largest absolute Gasteiger partial charge is 0.506 e. The first-order chi connectivity index (χ1) is 11.3. The van der Waals surface area contributed by atoms with Gasteiger partial charge in [-0.1, -0.05) is 12.1 Å². The molecule has 6 nitrogen and oxygen atoms in total. The summed E-state index contributed by atoms with van der Waals surface area (Å²) < 4.78 is 5.65. The molecule has 134 valence electrons. The molecule has 2 heterocycles. The molecule has 1 unspecified atom stereocenters. The highest BCUT2D eigenvalue weighted by molar-refractivity contribution is 14.0. The number of aliphatic imine (C=N–C) groups is 1. The third-order valence-electron chi connectivity index (χ3n) is 4.53. The van der Waals surface area contributed by atoms with E-state index >= 15 is 0 Å². The van der Waals surface area contributed by atoms with E-state index in [1.54, 1.807) is 6.07 Å². The number of anilines is 1. The van der Waals surface area contributed by atoms with Crippen LogP contribution in [0.3, 0.4) is 0 Å². The van der Waals surface area contributed by atoms with E-state index in [9.17, 15) is 5.11 Å². The van der Waals surface area contributed by atoms with Crippen molar-refractivity contribution in [3.8, 4) is 5.75 Å². The lowest BCUT2D eigenvalue weighted by Crippen LogP contribution is -2.53. The van der Waals surface area contributed by atoms with Gasteiger partial charge >= 0.3 is 0 Å². The molecule has 0 amide bonds. The maximum atomic E-state index is 9.98. The zero-order chi connectivity index (χ0) is 16.1. The molecular weight excluding hydrogens is 419 g/mol. The third kappa shape index (κ3) is 4.66. The molecule has 24 heavy (non-hydrogen) atoms. The lowest BCUT2D eigenvalue weighted by atomic mass is 10.2. The maximum Gasteiger partial charge on any atom is 0.193 e. The molecule has 0 spiro atoms. The maximum absolute atomic E-state index is 9.98. The van der Waals surface area contributed by atoms with Gasteiger partial charge in [-0.15, -0.1) is 24.0 Å². The van der Waals surface area contributed by atoms with Crippen molar-refractivity contribution in [3.05, 3.63) is 24.3 Å². The predicted octanol–water partition coefficient (Wildman–Crippen LogP) is 1.89. The Morgan fingerprint density at radius 2 is 2.04 bits per heavy atom. The molecule has 0 saturated carbocycles. The number of phenols is 1. The quantitative estimate of drug-likeness (QED) is 0.422. The lowest BCUT2D eigenvalue weighted by Gasteiger charge is -2.38. The highest BCUT2D eigenvalue weighted by atomic mass is 127. The molecule has 1 aromatic carbocycles. The van der Waals surface area contributed by atoms with E-state index in [4.69, 9.17) is 4.74 Å². The monoisotopic (exact) mass is 446 g/mol. The molecule has 0 bridgehead atoms. The Morgan fingerprint density at radius 3 is 2.67 bits per heavy atom. The van der Waals surface area contributed by atoms with Gasteiger partial charge in [0.2, 0.25) is 0 Å². The second-order valence-corrected chi connectivity index (χ2v) is 6.03. The molecule has 1 atom stereocenters. The number of rotatable bonds is 3. The van der Waals surface area contributed by atoms with Gasteiger partial charge in [-0.2, -0.15) is 0 Å². The first-order valence-corrected chi connectivity index (χ1v) is 8.38. The number of benzene rings is 1. The summed E-state index contributed by atoms with van der Waals surface area (Å²) in [6.45, 7) is 5.23. The second-order valence-electron chi connectivity index (χ2n) is 6.03. The van der Waals surface area contributed by atoms with Crippen molar-refractivity contribution >= 4 is 35.6 Å². The Bertz CT molecular complexity index is 541. The first kappa shape index (κ1) is 19.1. The van der Waals surface area contributed by atoms with Crippen LogP contribution in [-0.2, 0) is 4.74 Å². The van der Waals surface area contributed by atoms with Crippen molar-refractivity contribution in [1.82, 2.24) is 10.2 Å². The van der Waals surface area contributed by atoms with Crippen LogP contribution in [0.5, 0.6) is 5.75 Å². The summed E-state index contributed by atoms with van der Waals surface area (Å²) in [5.41, 5.74) is 0.912. The van der Waals surface area contributed by atoms with E-state index in [0.717, 1.165) is 63.8 Å². The van der Waals surface area contributed by atoms with Gasteiger partial charge in [-0.25, -0.2) is 0 Å². The highest BCUT2D eigenvalue weighted by Gasteiger charge is 2.22. The van der Waals surface area contributed by atoms with Crippen LogP contribution >= 0.6 is 24.0 Å². The summed E-state index contributed by atoms with van der Waals surface area (Å²) in [7, 11) is 1.83. The van der Waals surface area contributed by atoms with Gasteiger partial charge in [0, 0.05) is 46.4 Å². The number of para-hydroxylation sites is 2. The topological polar surface area (TPSA) is 60.3 Å². The molecule has 2 aliphatic rings. The van der Waals surface area contributed by atoms with Crippen LogP contribution in [0.1, 0.15) is 12.8 Å². The van der Waals surface area contributed by atoms with E-state index in [2.05, 4.69) is 20.1 Å².